The van der Waals surface area contributed by atoms with Crippen LogP contribution in [0.5, 0.6) is 11.5 Å². The fraction of sp³-hybridized carbons (Fsp3) is 0.414. The lowest BCUT2D eigenvalue weighted by Gasteiger charge is -2.37. The molecule has 2 aliphatic rings. The molecule has 2 aromatic heterocycles. The van der Waals surface area contributed by atoms with Gasteiger partial charge in [0.2, 0.25) is 0 Å². The van der Waals surface area contributed by atoms with E-state index in [0.717, 1.165) is 72.7 Å². The van der Waals surface area contributed by atoms with E-state index < -0.39 is 11.3 Å². The summed E-state index contributed by atoms with van der Waals surface area (Å²) in [6.07, 6.45) is 4.10. The van der Waals surface area contributed by atoms with Gasteiger partial charge in [0.25, 0.3) is 11.3 Å². The van der Waals surface area contributed by atoms with Crippen LogP contribution in [0.3, 0.4) is 0 Å². The van der Waals surface area contributed by atoms with E-state index in [1.807, 2.05) is 24.3 Å². The van der Waals surface area contributed by atoms with Gasteiger partial charge in [0.15, 0.2) is 16.6 Å². The number of fused-ring (bicyclic) bond motifs is 3. The number of likely N-dealkylation sites (tertiary alicyclic amines) is 1. The van der Waals surface area contributed by atoms with Gasteiger partial charge in [-0.2, -0.15) is 0 Å². The highest BCUT2D eigenvalue weighted by Gasteiger charge is 2.24. The predicted octanol–water partition coefficient (Wildman–Crippen LogP) is 4.05. The van der Waals surface area contributed by atoms with Gasteiger partial charge in [0, 0.05) is 61.6 Å². The number of ether oxygens (including phenoxy) is 2. The Hall–Kier alpha value is -3.72. The summed E-state index contributed by atoms with van der Waals surface area (Å²) in [5, 5.41) is 5.84. The molecule has 0 amide bonds. The van der Waals surface area contributed by atoms with Crippen molar-refractivity contribution in [3.63, 3.8) is 0 Å². The molecule has 14 heteroatoms. The minimum Gasteiger partial charge on any atom is -0.493 e. The van der Waals surface area contributed by atoms with Gasteiger partial charge in [0.05, 0.1) is 18.0 Å². The summed E-state index contributed by atoms with van der Waals surface area (Å²) in [5.41, 5.74) is 3.05. The number of hydrogen-bond acceptors (Lipinski definition) is 8. The first-order valence-electron chi connectivity index (χ1n) is 14.4. The van der Waals surface area contributed by atoms with Gasteiger partial charge in [-0.25, -0.2) is 14.2 Å². The summed E-state index contributed by atoms with van der Waals surface area (Å²) in [6.45, 7) is 7.82. The molecule has 2 fully saturated rings. The Bertz CT molecular complexity index is 1620. The van der Waals surface area contributed by atoms with E-state index in [2.05, 4.69) is 41.6 Å². The maximum absolute atomic E-state index is 10.9. The Labute approximate surface area is 258 Å². The Morgan fingerprint density at radius 3 is 2.58 bits per heavy atom. The van der Waals surface area contributed by atoms with Crippen molar-refractivity contribution in [2.45, 2.75) is 25.8 Å². The number of piperazine rings is 1. The van der Waals surface area contributed by atoms with Crippen LogP contribution in [0.25, 0.3) is 21.9 Å². The molecule has 12 nitrogen and oxygen atoms in total. The Morgan fingerprint density at radius 1 is 1.12 bits per heavy atom. The summed E-state index contributed by atoms with van der Waals surface area (Å²) in [5.74, 6) is 2.28. The van der Waals surface area contributed by atoms with Crippen molar-refractivity contribution < 1.29 is 18.2 Å². The predicted molar refractivity (Wildman–Crippen MR) is 175 cm³/mol. The number of methoxy groups -OCH3 is 1. The zero-order chi connectivity index (χ0) is 29.9. The van der Waals surface area contributed by atoms with E-state index in [-0.39, 0.29) is 0 Å². The number of anilines is 3. The second-order valence-electron chi connectivity index (χ2n) is 10.8. The number of rotatable bonds is 9. The van der Waals surface area contributed by atoms with Gasteiger partial charge in [-0.3, -0.25) is 14.2 Å². The summed E-state index contributed by atoms with van der Waals surface area (Å²) in [4.78, 5) is 19.6. The van der Waals surface area contributed by atoms with Crippen molar-refractivity contribution in [3.8, 4) is 11.5 Å². The van der Waals surface area contributed by atoms with Gasteiger partial charge < -0.3 is 29.6 Å². The molecule has 2 saturated heterocycles. The first-order valence-corrected chi connectivity index (χ1v) is 15.9. The highest BCUT2D eigenvalue weighted by molar-refractivity contribution is 7.80. The molecule has 0 spiro atoms. The molecule has 0 saturated carbocycles. The lowest BCUT2D eigenvalue weighted by atomic mass is 10.1. The molecule has 2 aromatic carbocycles. The fourth-order valence-corrected chi connectivity index (χ4v) is 6.51. The molecule has 4 aromatic rings. The van der Waals surface area contributed by atoms with E-state index in [0.29, 0.717) is 34.9 Å². The lowest BCUT2D eigenvalue weighted by molar-refractivity contribution is 0.200. The van der Waals surface area contributed by atoms with Gasteiger partial charge in [-0.1, -0.05) is 0 Å². The molecule has 6 rings (SSSR count). The second-order valence-corrected chi connectivity index (χ2v) is 11.9. The number of nitrogens with one attached hydrogen (secondary N) is 3. The molecule has 0 bridgehead atoms. The van der Waals surface area contributed by atoms with Crippen molar-refractivity contribution in [1.82, 2.24) is 24.8 Å². The number of hydrogen-bond donors (Lipinski definition) is 4. The highest BCUT2D eigenvalue weighted by atomic mass is 32.2. The van der Waals surface area contributed by atoms with Crippen molar-refractivity contribution in [2.75, 3.05) is 67.9 Å². The van der Waals surface area contributed by atoms with Crippen LogP contribution in [-0.4, -0.2) is 97.7 Å². The minimum absolute atomic E-state index is 0.549. The molecule has 0 aliphatic carbocycles. The van der Waals surface area contributed by atoms with Crippen LogP contribution in [0.2, 0.25) is 0 Å². The first-order chi connectivity index (χ1) is 20.9. The molecular formula is C29H36N8O4S2. The molecule has 2 unspecified atom stereocenters. The largest absolute Gasteiger partial charge is 0.493 e. The topological polar surface area (TPSA) is 131 Å². The molecule has 43 heavy (non-hydrogen) atoms. The zero-order valence-corrected chi connectivity index (χ0v) is 25.8. The smallest absolute Gasteiger partial charge is 0.259 e. The van der Waals surface area contributed by atoms with Gasteiger partial charge in [0.1, 0.15) is 24.4 Å². The molecule has 4 heterocycles. The number of benzene rings is 2. The summed E-state index contributed by atoms with van der Waals surface area (Å²) in [7, 11) is 1.67. The Balaban J connectivity index is 1.14. The standard InChI is InChI=1S/C29H36N8O4S2/c1-19-4-3-9-35(19)14-15-41-25-17-23-22(16-24(25)40-2)26-27(33-23)30-18-31-28(26)36-10-12-37(13-11-36)29(42)32-20-5-7-21(8-6-20)34-43(38)39/h5-8,16-19,34H,3-4,9-15H2,1-2H3,(H,32,42)(H,38,39)(H,30,31,33). The van der Waals surface area contributed by atoms with Crippen molar-refractivity contribution in [3.05, 3.63) is 42.7 Å². The molecule has 2 aliphatic heterocycles. The van der Waals surface area contributed by atoms with Crippen LogP contribution in [0.15, 0.2) is 42.7 Å². The third-order valence-corrected chi connectivity index (χ3v) is 8.96. The normalized spacial score (nSPS) is 18.3. The molecular weight excluding hydrogens is 589 g/mol. The quantitative estimate of drug-likeness (QED) is 0.159. The maximum atomic E-state index is 10.9. The number of aromatic nitrogens is 3. The third kappa shape index (κ3) is 6.47. The number of thiocarbonyl (C=S) groups is 1. The van der Waals surface area contributed by atoms with Gasteiger partial charge in [-0.05, 0) is 68.9 Å². The van der Waals surface area contributed by atoms with Crippen LogP contribution < -0.4 is 24.4 Å². The number of nitrogens with zero attached hydrogens (tertiary/aromatic N) is 5. The van der Waals surface area contributed by atoms with Gasteiger partial charge >= 0.3 is 0 Å². The van der Waals surface area contributed by atoms with Crippen LogP contribution in [-0.2, 0) is 11.3 Å². The fourth-order valence-electron chi connectivity index (χ4n) is 5.87. The van der Waals surface area contributed by atoms with E-state index in [1.54, 1.807) is 25.6 Å². The summed E-state index contributed by atoms with van der Waals surface area (Å²) >= 11 is 3.57. The van der Waals surface area contributed by atoms with E-state index in [9.17, 15) is 4.21 Å². The summed E-state index contributed by atoms with van der Waals surface area (Å²) in [6, 6.07) is 11.7. The van der Waals surface area contributed by atoms with Crippen LogP contribution in [0.4, 0.5) is 17.2 Å². The zero-order valence-electron chi connectivity index (χ0n) is 24.2. The second kappa shape index (κ2) is 12.9. The van der Waals surface area contributed by atoms with Crippen molar-refractivity contribution in [2.24, 2.45) is 0 Å². The first kappa shape index (κ1) is 29.4. The molecule has 0 radical (unpaired) electrons. The Kier molecular flexibility index (Phi) is 8.79. The van der Waals surface area contributed by atoms with Crippen LogP contribution in [0.1, 0.15) is 19.8 Å². The number of aromatic amines is 1. The van der Waals surface area contributed by atoms with E-state index in [4.69, 9.17) is 31.2 Å². The average Bonchev–Trinajstić information content (AvgIpc) is 3.59. The van der Waals surface area contributed by atoms with E-state index in [1.165, 1.54) is 12.8 Å². The highest BCUT2D eigenvalue weighted by Crippen LogP contribution is 2.38. The third-order valence-electron chi connectivity index (χ3n) is 8.19. The van der Waals surface area contributed by atoms with Crippen LogP contribution >= 0.6 is 12.2 Å². The molecule has 4 N–H and O–H groups in total. The van der Waals surface area contributed by atoms with Gasteiger partial charge in [-0.15, -0.1) is 0 Å². The average molecular weight is 625 g/mol. The van der Waals surface area contributed by atoms with Crippen molar-refractivity contribution in [1.29, 1.82) is 0 Å². The van der Waals surface area contributed by atoms with Crippen molar-refractivity contribution >= 4 is 67.7 Å². The molecule has 228 valence electrons. The minimum atomic E-state index is -2.11. The number of H-pyrrole nitrogens is 1. The van der Waals surface area contributed by atoms with Crippen LogP contribution in [0, 0.1) is 0 Å². The summed E-state index contributed by atoms with van der Waals surface area (Å²) < 4.78 is 34.3. The SMILES string of the molecule is COc1cc2c(cc1OCCN1CCCC1C)[nH]c1ncnc(N3CCN(C(=S)Nc4ccc(NS(=O)O)cc4)CC3)c12. The Morgan fingerprint density at radius 2 is 1.88 bits per heavy atom. The monoisotopic (exact) mass is 624 g/mol. The van der Waals surface area contributed by atoms with E-state index >= 15 is 0 Å². The maximum Gasteiger partial charge on any atom is 0.259 e. The molecule has 2 atom stereocenters. The lowest BCUT2D eigenvalue weighted by Crippen LogP contribution is -2.50.